The largest absolute Gasteiger partial charge is 0.469 e. The fraction of sp³-hybridized carbons (Fsp3) is 0.467. The average molecular weight is 261 g/mol. The minimum atomic E-state index is -0.388. The maximum Gasteiger partial charge on any atom is 0.313 e. The van der Waals surface area contributed by atoms with Gasteiger partial charge in [-0.05, 0) is 31.9 Å². The second kappa shape index (κ2) is 5.43. The minimum Gasteiger partial charge on any atom is -0.469 e. The van der Waals surface area contributed by atoms with Crippen molar-refractivity contribution in [1.29, 1.82) is 0 Å². The van der Waals surface area contributed by atoms with Crippen LogP contribution in [0.3, 0.4) is 0 Å². The molecule has 1 aromatic rings. The molecule has 0 saturated heterocycles. The van der Waals surface area contributed by atoms with Gasteiger partial charge in [0.05, 0.1) is 12.5 Å². The maximum absolute atomic E-state index is 11.8. The highest BCUT2D eigenvalue weighted by atomic mass is 16.5. The van der Waals surface area contributed by atoms with Gasteiger partial charge in [0.1, 0.15) is 0 Å². The van der Waals surface area contributed by atoms with Gasteiger partial charge in [0.2, 0.25) is 0 Å². The Balaban J connectivity index is 2.04. The predicted molar refractivity (Wildman–Crippen MR) is 73.2 cm³/mol. The van der Waals surface area contributed by atoms with E-state index in [1.807, 2.05) is 18.2 Å². The summed E-state index contributed by atoms with van der Waals surface area (Å²) in [7, 11) is 1.43. The quantitative estimate of drug-likeness (QED) is 0.654. The minimum absolute atomic E-state index is 0.0370. The molecule has 0 heterocycles. The van der Waals surface area contributed by atoms with Crippen LogP contribution in [0.15, 0.2) is 24.3 Å². The molecule has 1 saturated carbocycles. The molecule has 0 spiro atoms. The van der Waals surface area contributed by atoms with E-state index >= 15 is 0 Å². The van der Waals surface area contributed by atoms with E-state index in [-0.39, 0.29) is 17.2 Å². The molecule has 1 aromatic carbocycles. The first-order valence-electron chi connectivity index (χ1n) is 6.51. The number of benzene rings is 1. The number of ether oxygens (including phenoxy) is 1. The van der Waals surface area contributed by atoms with E-state index in [1.54, 1.807) is 13.0 Å². The van der Waals surface area contributed by atoms with Gasteiger partial charge in [0.15, 0.2) is 5.78 Å². The van der Waals surface area contributed by atoms with Crippen LogP contribution in [0.5, 0.6) is 0 Å². The van der Waals surface area contributed by atoms with E-state index in [9.17, 15) is 9.59 Å². The zero-order valence-electron chi connectivity index (χ0n) is 11.4. The summed E-state index contributed by atoms with van der Waals surface area (Å²) in [6.07, 6.45) is 2.78. The lowest BCUT2D eigenvalue weighted by atomic mass is 9.68. The van der Waals surface area contributed by atoms with Gasteiger partial charge < -0.3 is 10.1 Å². The van der Waals surface area contributed by atoms with E-state index < -0.39 is 0 Å². The standard InChI is InChI=1S/C15H19NO3/c1-11(17)12-5-3-6-13(9-12)16-10-15(7-4-8-15)14(18)19-2/h3,5-6,9,16H,4,7-8,10H2,1-2H3. The third-order valence-corrected chi connectivity index (χ3v) is 3.83. The van der Waals surface area contributed by atoms with Gasteiger partial charge >= 0.3 is 5.97 Å². The lowest BCUT2D eigenvalue weighted by molar-refractivity contribution is -0.157. The molecule has 4 heteroatoms. The second-order valence-electron chi connectivity index (χ2n) is 5.12. The molecule has 1 fully saturated rings. The van der Waals surface area contributed by atoms with Crippen molar-refractivity contribution in [3.8, 4) is 0 Å². The number of nitrogens with one attached hydrogen (secondary N) is 1. The van der Waals surface area contributed by atoms with Crippen molar-refractivity contribution < 1.29 is 14.3 Å². The van der Waals surface area contributed by atoms with Crippen molar-refractivity contribution in [3.63, 3.8) is 0 Å². The molecule has 19 heavy (non-hydrogen) atoms. The number of methoxy groups -OCH3 is 1. The first kappa shape index (κ1) is 13.6. The number of carbonyl (C=O) groups is 2. The maximum atomic E-state index is 11.8. The third kappa shape index (κ3) is 2.78. The van der Waals surface area contributed by atoms with Gasteiger partial charge in [-0.25, -0.2) is 0 Å². The summed E-state index contributed by atoms with van der Waals surface area (Å²) in [4.78, 5) is 23.1. The molecular formula is C15H19NO3. The van der Waals surface area contributed by atoms with Gasteiger partial charge in [0, 0.05) is 17.8 Å². The van der Waals surface area contributed by atoms with Crippen LogP contribution in [0.25, 0.3) is 0 Å². The van der Waals surface area contributed by atoms with Crippen LogP contribution in [-0.4, -0.2) is 25.4 Å². The van der Waals surface area contributed by atoms with Crippen LogP contribution in [0.2, 0.25) is 0 Å². The Morgan fingerprint density at radius 3 is 2.63 bits per heavy atom. The SMILES string of the molecule is COC(=O)C1(CNc2cccc(C(C)=O)c2)CCC1. The number of ketones is 1. The molecule has 0 aromatic heterocycles. The van der Waals surface area contributed by atoms with E-state index in [1.165, 1.54) is 7.11 Å². The highest BCUT2D eigenvalue weighted by Crippen LogP contribution is 2.42. The summed E-state index contributed by atoms with van der Waals surface area (Å²) in [6.45, 7) is 2.10. The average Bonchev–Trinajstić information content (AvgIpc) is 2.37. The Kier molecular flexibility index (Phi) is 3.88. The third-order valence-electron chi connectivity index (χ3n) is 3.83. The molecule has 1 N–H and O–H groups in total. The number of hydrogen-bond acceptors (Lipinski definition) is 4. The van der Waals surface area contributed by atoms with Crippen LogP contribution in [0, 0.1) is 5.41 Å². The molecule has 0 amide bonds. The topological polar surface area (TPSA) is 55.4 Å². The van der Waals surface area contributed by atoms with Crippen molar-refractivity contribution in [1.82, 2.24) is 0 Å². The molecule has 1 aliphatic rings. The summed E-state index contributed by atoms with van der Waals surface area (Å²) in [5.74, 6) is -0.107. The Hall–Kier alpha value is -1.84. The van der Waals surface area contributed by atoms with E-state index in [0.29, 0.717) is 12.1 Å². The summed E-state index contributed by atoms with van der Waals surface area (Å²) < 4.78 is 4.87. The number of hydrogen-bond donors (Lipinski definition) is 1. The fourth-order valence-corrected chi connectivity index (χ4v) is 2.39. The van der Waals surface area contributed by atoms with Crippen LogP contribution in [-0.2, 0) is 9.53 Å². The van der Waals surface area contributed by atoms with Crippen molar-refractivity contribution in [2.24, 2.45) is 5.41 Å². The van der Waals surface area contributed by atoms with Crippen LogP contribution >= 0.6 is 0 Å². The molecule has 102 valence electrons. The molecule has 2 rings (SSSR count). The Bertz CT molecular complexity index is 492. The van der Waals surface area contributed by atoms with Crippen molar-refractivity contribution in [2.45, 2.75) is 26.2 Å². The monoisotopic (exact) mass is 261 g/mol. The summed E-state index contributed by atoms with van der Waals surface area (Å²) in [6, 6.07) is 7.33. The Morgan fingerprint density at radius 1 is 1.37 bits per heavy atom. The van der Waals surface area contributed by atoms with Crippen molar-refractivity contribution >= 4 is 17.4 Å². The van der Waals surface area contributed by atoms with Gasteiger partial charge in [-0.15, -0.1) is 0 Å². The number of rotatable bonds is 5. The highest BCUT2D eigenvalue weighted by Gasteiger charge is 2.45. The van der Waals surface area contributed by atoms with E-state index in [2.05, 4.69) is 5.32 Å². The van der Waals surface area contributed by atoms with Gasteiger partial charge in [-0.1, -0.05) is 18.6 Å². The predicted octanol–water partition coefficient (Wildman–Crippen LogP) is 2.64. The van der Waals surface area contributed by atoms with Crippen molar-refractivity contribution in [2.75, 3.05) is 19.0 Å². The van der Waals surface area contributed by atoms with Gasteiger partial charge in [-0.3, -0.25) is 9.59 Å². The number of Topliss-reactive ketones (excluding diaryl/α,β-unsaturated/α-hetero) is 1. The number of carbonyl (C=O) groups excluding carboxylic acids is 2. The zero-order valence-corrected chi connectivity index (χ0v) is 11.4. The summed E-state index contributed by atoms with van der Waals surface area (Å²) >= 11 is 0. The van der Waals surface area contributed by atoms with Crippen molar-refractivity contribution in [3.05, 3.63) is 29.8 Å². The lowest BCUT2D eigenvalue weighted by Crippen LogP contribution is -2.44. The molecule has 1 aliphatic carbocycles. The molecule has 0 aliphatic heterocycles. The summed E-state index contributed by atoms with van der Waals surface area (Å²) in [5, 5.41) is 3.24. The lowest BCUT2D eigenvalue weighted by Gasteiger charge is -2.39. The molecule has 4 nitrogen and oxygen atoms in total. The summed E-state index contributed by atoms with van der Waals surface area (Å²) in [5.41, 5.74) is 1.15. The van der Waals surface area contributed by atoms with E-state index in [4.69, 9.17) is 4.74 Å². The number of esters is 1. The second-order valence-corrected chi connectivity index (χ2v) is 5.12. The Morgan fingerprint density at radius 2 is 2.11 bits per heavy atom. The van der Waals surface area contributed by atoms with Crippen LogP contribution < -0.4 is 5.32 Å². The Labute approximate surface area is 113 Å². The number of anilines is 1. The van der Waals surface area contributed by atoms with Gasteiger partial charge in [0.25, 0.3) is 0 Å². The van der Waals surface area contributed by atoms with Gasteiger partial charge in [-0.2, -0.15) is 0 Å². The molecule has 0 atom stereocenters. The highest BCUT2D eigenvalue weighted by molar-refractivity contribution is 5.94. The smallest absolute Gasteiger partial charge is 0.313 e. The molecule has 0 bridgehead atoms. The zero-order chi connectivity index (χ0) is 13.9. The fourth-order valence-electron chi connectivity index (χ4n) is 2.39. The van der Waals surface area contributed by atoms with E-state index in [0.717, 1.165) is 24.9 Å². The van der Waals surface area contributed by atoms with Crippen LogP contribution in [0.4, 0.5) is 5.69 Å². The first-order valence-corrected chi connectivity index (χ1v) is 6.51. The normalized spacial score (nSPS) is 16.3. The molecular weight excluding hydrogens is 242 g/mol. The molecule has 0 unspecified atom stereocenters. The molecule has 0 radical (unpaired) electrons. The van der Waals surface area contributed by atoms with Crippen LogP contribution in [0.1, 0.15) is 36.5 Å². The first-order chi connectivity index (χ1) is 9.07.